The van der Waals surface area contributed by atoms with E-state index >= 15 is 0 Å². The summed E-state index contributed by atoms with van der Waals surface area (Å²) in [6.07, 6.45) is 10.5. The number of carbonyl (C=O) groups is 2. The maximum Gasteiger partial charge on any atom is 0.302 e. The highest BCUT2D eigenvalue weighted by atomic mass is 16.6. The lowest BCUT2D eigenvalue weighted by atomic mass is 9.55. The Kier molecular flexibility index (Phi) is 7.12. The molecular formula is C29H46O5. The van der Waals surface area contributed by atoms with Gasteiger partial charge in [-0.2, -0.15) is 0 Å². The smallest absolute Gasteiger partial charge is 0.302 e. The van der Waals surface area contributed by atoms with Gasteiger partial charge in [0.1, 0.15) is 17.8 Å². The number of ketones is 1. The van der Waals surface area contributed by atoms with Crippen LogP contribution in [0.2, 0.25) is 0 Å². The molecular weight excluding hydrogens is 428 g/mol. The first-order valence-corrected chi connectivity index (χ1v) is 13.7. The minimum atomic E-state index is -0.556. The van der Waals surface area contributed by atoms with Gasteiger partial charge >= 0.3 is 5.97 Å². The van der Waals surface area contributed by atoms with Crippen LogP contribution in [-0.4, -0.2) is 41.3 Å². The first-order valence-electron chi connectivity index (χ1n) is 13.7. The summed E-state index contributed by atoms with van der Waals surface area (Å²) in [4.78, 5) is 25.6. The zero-order chi connectivity index (χ0) is 24.9. The molecule has 5 nitrogen and oxygen atoms in total. The largest absolute Gasteiger partial charge is 0.462 e. The van der Waals surface area contributed by atoms with Crippen molar-refractivity contribution >= 4 is 11.8 Å². The van der Waals surface area contributed by atoms with Gasteiger partial charge < -0.3 is 14.6 Å². The second kappa shape index (κ2) is 9.35. The molecule has 8 atom stereocenters. The van der Waals surface area contributed by atoms with Crippen LogP contribution in [-0.2, 0) is 19.1 Å². The summed E-state index contributed by atoms with van der Waals surface area (Å²) in [6, 6.07) is 0. The molecule has 1 heterocycles. The average Bonchev–Trinajstić information content (AvgIpc) is 3.34. The number of allylic oxidation sites excluding steroid dienone is 1. The van der Waals surface area contributed by atoms with Crippen molar-refractivity contribution in [1.82, 2.24) is 0 Å². The van der Waals surface area contributed by atoms with Crippen molar-refractivity contribution in [3.8, 4) is 0 Å². The van der Waals surface area contributed by atoms with Gasteiger partial charge in [0.15, 0.2) is 5.78 Å². The topological polar surface area (TPSA) is 76.1 Å². The van der Waals surface area contributed by atoms with Crippen LogP contribution >= 0.6 is 0 Å². The Morgan fingerprint density at radius 2 is 1.94 bits per heavy atom. The van der Waals surface area contributed by atoms with Gasteiger partial charge in [-0.05, 0) is 79.8 Å². The van der Waals surface area contributed by atoms with Crippen LogP contribution in [0.4, 0.5) is 0 Å². The van der Waals surface area contributed by atoms with E-state index in [1.807, 2.05) is 0 Å². The third-order valence-electron chi connectivity index (χ3n) is 10.2. The Bertz CT molecular complexity index is 832. The average molecular weight is 475 g/mol. The summed E-state index contributed by atoms with van der Waals surface area (Å²) >= 11 is 0. The lowest BCUT2D eigenvalue weighted by molar-refractivity contribution is -0.153. The van der Waals surface area contributed by atoms with E-state index in [-0.39, 0.29) is 41.9 Å². The van der Waals surface area contributed by atoms with Crippen LogP contribution in [0.3, 0.4) is 0 Å². The molecule has 0 aromatic carbocycles. The summed E-state index contributed by atoms with van der Waals surface area (Å²) in [5.41, 5.74) is -0.186. The molecule has 3 fully saturated rings. The maximum atomic E-state index is 14.1. The fourth-order valence-corrected chi connectivity index (χ4v) is 8.13. The normalized spacial score (nSPS) is 42.1. The molecule has 34 heavy (non-hydrogen) atoms. The van der Waals surface area contributed by atoms with Gasteiger partial charge in [-0.25, -0.2) is 0 Å². The molecule has 1 aliphatic heterocycles. The molecule has 1 N–H and O–H groups in total. The van der Waals surface area contributed by atoms with E-state index in [0.717, 1.165) is 30.8 Å². The highest BCUT2D eigenvalue weighted by molar-refractivity contribution is 6.03. The number of esters is 1. The predicted octanol–water partition coefficient (Wildman–Crippen LogP) is 5.63. The van der Waals surface area contributed by atoms with Crippen LogP contribution in [0.15, 0.2) is 11.6 Å². The van der Waals surface area contributed by atoms with E-state index in [1.165, 1.54) is 26.2 Å². The molecule has 1 spiro atoms. The summed E-state index contributed by atoms with van der Waals surface area (Å²) < 4.78 is 11.8. The van der Waals surface area contributed by atoms with Gasteiger partial charge in [-0.3, -0.25) is 9.59 Å². The van der Waals surface area contributed by atoms with Crippen molar-refractivity contribution in [1.29, 1.82) is 0 Å². The minimum absolute atomic E-state index is 0.0653. The molecule has 0 aromatic rings. The molecule has 0 unspecified atom stereocenters. The molecule has 4 aliphatic rings. The van der Waals surface area contributed by atoms with Crippen molar-refractivity contribution in [2.75, 3.05) is 6.61 Å². The number of epoxide rings is 1. The Morgan fingerprint density at radius 3 is 2.59 bits per heavy atom. The molecule has 5 heteroatoms. The van der Waals surface area contributed by atoms with E-state index in [0.29, 0.717) is 31.1 Å². The van der Waals surface area contributed by atoms with Gasteiger partial charge in [0.05, 0.1) is 5.41 Å². The zero-order valence-corrected chi connectivity index (χ0v) is 22.2. The number of ether oxygens (including phenoxy) is 2. The van der Waals surface area contributed by atoms with Crippen LogP contribution in [0, 0.1) is 34.5 Å². The Morgan fingerprint density at radius 1 is 1.21 bits per heavy atom. The van der Waals surface area contributed by atoms with Gasteiger partial charge in [0.2, 0.25) is 0 Å². The molecule has 2 saturated carbocycles. The highest BCUT2D eigenvalue weighted by Gasteiger charge is 2.74. The summed E-state index contributed by atoms with van der Waals surface area (Å²) in [5, 5.41) is 10.1. The van der Waals surface area contributed by atoms with Crippen molar-refractivity contribution in [3.05, 3.63) is 11.6 Å². The van der Waals surface area contributed by atoms with E-state index < -0.39 is 11.0 Å². The van der Waals surface area contributed by atoms with Crippen LogP contribution < -0.4 is 0 Å². The number of Topliss-reactive ketones (excluding diaryl/α,β-unsaturated/α-hetero) is 1. The summed E-state index contributed by atoms with van der Waals surface area (Å²) in [7, 11) is 0. The van der Waals surface area contributed by atoms with E-state index in [1.54, 1.807) is 0 Å². The standard InChI is InChI=1S/C29H46O5/c1-18(2)8-7-9-19(3)23-10-11-24(27(23,5)14-15-30)22-16-25-29(34-25)17-21(33-20(4)31)12-13-28(29,6)26(22)32/h16,18-19,21,23-25,30H,7-15,17H2,1-6H3/t19-,21+,23-,24+,25+,27-,28-,29+/m1/s1. The first kappa shape index (κ1) is 25.9. The third kappa shape index (κ3) is 4.19. The monoisotopic (exact) mass is 474 g/mol. The van der Waals surface area contributed by atoms with Crippen molar-refractivity contribution < 1.29 is 24.2 Å². The van der Waals surface area contributed by atoms with Gasteiger partial charge in [-0.1, -0.05) is 47.0 Å². The SMILES string of the molecule is CC(=O)O[C@H]1CC[C@]2(C)C(=O)C([C@@H]3CC[C@H]([C@H](C)CCCC(C)C)[C@@]3(C)CCO)=C[C@@H]3O[C@@]32C1. The predicted molar refractivity (Wildman–Crippen MR) is 132 cm³/mol. The molecule has 0 bridgehead atoms. The van der Waals surface area contributed by atoms with Gasteiger partial charge in [0, 0.05) is 20.0 Å². The van der Waals surface area contributed by atoms with E-state index in [9.17, 15) is 14.7 Å². The van der Waals surface area contributed by atoms with Gasteiger partial charge in [0.25, 0.3) is 0 Å². The summed E-state index contributed by atoms with van der Waals surface area (Å²) in [6.45, 7) is 13.0. The first-order chi connectivity index (χ1) is 16.0. The lowest BCUT2D eigenvalue weighted by Gasteiger charge is -2.46. The zero-order valence-electron chi connectivity index (χ0n) is 22.2. The van der Waals surface area contributed by atoms with Crippen molar-refractivity contribution in [2.45, 2.75) is 117 Å². The number of rotatable bonds is 9. The molecule has 3 aliphatic carbocycles. The number of aliphatic hydroxyl groups is 1. The van der Waals surface area contributed by atoms with Crippen LogP contribution in [0.1, 0.15) is 99.3 Å². The van der Waals surface area contributed by atoms with Gasteiger partial charge in [-0.15, -0.1) is 0 Å². The van der Waals surface area contributed by atoms with E-state index in [2.05, 4.69) is 40.7 Å². The Hall–Kier alpha value is -1.20. The Labute approximate surface area is 206 Å². The second-order valence-corrected chi connectivity index (χ2v) is 12.7. The molecule has 192 valence electrons. The molecule has 0 amide bonds. The number of hydrogen-bond acceptors (Lipinski definition) is 5. The van der Waals surface area contributed by atoms with E-state index in [4.69, 9.17) is 9.47 Å². The fraction of sp³-hybridized carbons (Fsp3) is 0.862. The highest BCUT2D eigenvalue weighted by Crippen LogP contribution is 2.66. The Balaban J connectivity index is 1.56. The maximum absolute atomic E-state index is 14.1. The molecule has 1 saturated heterocycles. The fourth-order valence-electron chi connectivity index (χ4n) is 8.13. The quantitative estimate of drug-likeness (QED) is 0.346. The molecule has 0 radical (unpaired) electrons. The second-order valence-electron chi connectivity index (χ2n) is 12.7. The number of aliphatic hydroxyl groups excluding tert-OH is 1. The third-order valence-corrected chi connectivity index (χ3v) is 10.2. The molecule has 4 rings (SSSR count). The minimum Gasteiger partial charge on any atom is -0.462 e. The molecule has 0 aromatic heterocycles. The van der Waals surface area contributed by atoms with Crippen molar-refractivity contribution in [3.63, 3.8) is 0 Å². The number of carbonyl (C=O) groups excluding carboxylic acids is 2. The van der Waals surface area contributed by atoms with Crippen LogP contribution in [0.5, 0.6) is 0 Å². The lowest BCUT2D eigenvalue weighted by Crippen LogP contribution is -2.54. The number of hydrogen-bond donors (Lipinski definition) is 1. The van der Waals surface area contributed by atoms with Crippen LogP contribution in [0.25, 0.3) is 0 Å². The van der Waals surface area contributed by atoms with Crippen molar-refractivity contribution in [2.24, 2.45) is 34.5 Å². The summed E-state index contributed by atoms with van der Waals surface area (Å²) in [5.74, 6) is 1.99.